The standard InChI is InChI=1S/C21H31P/c1-4-10-17(11-5-1)20-16-21(18-12-6-2-7-13-18)22(20)19-14-8-3-9-15-19/h3,8-9,14-15,17-18,20-21H,1-2,4-7,10-13,16H2/t20-,21-/m0/s1. The summed E-state index contributed by atoms with van der Waals surface area (Å²) in [5, 5.41) is 1.73. The molecule has 0 spiro atoms. The van der Waals surface area contributed by atoms with E-state index < -0.39 is 0 Å². The van der Waals surface area contributed by atoms with Gasteiger partial charge in [0.25, 0.3) is 0 Å². The Morgan fingerprint density at radius 1 is 0.636 bits per heavy atom. The van der Waals surface area contributed by atoms with Gasteiger partial charge in [-0.25, -0.2) is 0 Å². The van der Waals surface area contributed by atoms with E-state index in [1.165, 1.54) is 64.2 Å². The van der Waals surface area contributed by atoms with E-state index in [4.69, 9.17) is 0 Å². The summed E-state index contributed by atoms with van der Waals surface area (Å²) in [6.45, 7) is 0. The molecule has 4 rings (SSSR count). The van der Waals surface area contributed by atoms with Gasteiger partial charge in [-0.3, -0.25) is 0 Å². The molecule has 1 heteroatoms. The molecule has 1 heterocycles. The van der Waals surface area contributed by atoms with Crippen LogP contribution in [0.15, 0.2) is 30.3 Å². The van der Waals surface area contributed by atoms with Gasteiger partial charge in [-0.2, -0.15) is 0 Å². The van der Waals surface area contributed by atoms with Crippen molar-refractivity contribution in [1.82, 2.24) is 0 Å². The largest absolute Gasteiger partial charge is 0.0684 e. The molecular weight excluding hydrogens is 283 g/mol. The molecule has 120 valence electrons. The molecular formula is C21H31P. The molecule has 3 aliphatic rings. The van der Waals surface area contributed by atoms with E-state index in [0.717, 1.165) is 23.2 Å². The molecule has 0 aromatic heterocycles. The molecule has 2 atom stereocenters. The van der Waals surface area contributed by atoms with Gasteiger partial charge in [0.05, 0.1) is 0 Å². The molecule has 22 heavy (non-hydrogen) atoms. The molecule has 0 unspecified atom stereocenters. The molecule has 2 saturated carbocycles. The van der Waals surface area contributed by atoms with Crippen LogP contribution in [-0.2, 0) is 0 Å². The zero-order valence-corrected chi connectivity index (χ0v) is 14.8. The highest BCUT2D eigenvalue weighted by Crippen LogP contribution is 2.66. The van der Waals surface area contributed by atoms with Crippen molar-refractivity contribution < 1.29 is 0 Å². The molecule has 0 radical (unpaired) electrons. The predicted molar refractivity (Wildman–Crippen MR) is 98.3 cm³/mol. The monoisotopic (exact) mass is 314 g/mol. The van der Waals surface area contributed by atoms with Crippen molar-refractivity contribution >= 4 is 13.2 Å². The first-order valence-corrected chi connectivity index (χ1v) is 11.2. The smallest absolute Gasteiger partial charge is 0.0132 e. The molecule has 1 saturated heterocycles. The molecule has 1 aliphatic heterocycles. The third kappa shape index (κ3) is 3.01. The first-order valence-electron chi connectivity index (χ1n) is 9.77. The maximum absolute atomic E-state index is 2.45. The fraction of sp³-hybridized carbons (Fsp3) is 0.714. The van der Waals surface area contributed by atoms with Crippen LogP contribution < -0.4 is 5.30 Å². The Labute approximate surface area is 137 Å². The quantitative estimate of drug-likeness (QED) is 0.592. The highest BCUT2D eigenvalue weighted by Gasteiger charge is 2.48. The maximum atomic E-state index is 2.45. The van der Waals surface area contributed by atoms with Crippen LogP contribution in [0.2, 0.25) is 0 Å². The molecule has 1 aromatic rings. The average molecular weight is 314 g/mol. The van der Waals surface area contributed by atoms with Crippen molar-refractivity contribution in [3.8, 4) is 0 Å². The van der Waals surface area contributed by atoms with Gasteiger partial charge in [-0.05, 0) is 60.6 Å². The summed E-state index contributed by atoms with van der Waals surface area (Å²) >= 11 is 0. The van der Waals surface area contributed by atoms with Crippen LogP contribution in [0.1, 0.15) is 70.6 Å². The van der Waals surface area contributed by atoms with E-state index in [0.29, 0.717) is 0 Å². The lowest BCUT2D eigenvalue weighted by Gasteiger charge is -2.54. The van der Waals surface area contributed by atoms with E-state index in [9.17, 15) is 0 Å². The minimum absolute atomic E-state index is 0.135. The van der Waals surface area contributed by atoms with E-state index >= 15 is 0 Å². The molecule has 0 N–H and O–H groups in total. The van der Waals surface area contributed by atoms with Crippen molar-refractivity contribution in [2.75, 3.05) is 0 Å². The Bertz CT molecular complexity index is 432. The van der Waals surface area contributed by atoms with Gasteiger partial charge in [0.15, 0.2) is 0 Å². The number of rotatable bonds is 3. The SMILES string of the molecule is c1ccc(P2[C@H](C3CCCCC3)C[C@H]2C2CCCCC2)cc1. The summed E-state index contributed by atoms with van der Waals surface area (Å²) in [4.78, 5) is 0. The Balaban J connectivity index is 1.53. The zero-order chi connectivity index (χ0) is 14.8. The van der Waals surface area contributed by atoms with E-state index in [-0.39, 0.29) is 7.92 Å². The van der Waals surface area contributed by atoms with E-state index in [2.05, 4.69) is 30.3 Å². The minimum Gasteiger partial charge on any atom is -0.0684 e. The summed E-state index contributed by atoms with van der Waals surface area (Å²) in [5.41, 5.74) is 2.15. The third-order valence-corrected chi connectivity index (χ3v) is 10.2. The Kier molecular flexibility index (Phi) is 4.86. The van der Waals surface area contributed by atoms with Gasteiger partial charge < -0.3 is 0 Å². The van der Waals surface area contributed by atoms with E-state index in [1.807, 2.05) is 0 Å². The first kappa shape index (κ1) is 15.2. The fourth-order valence-electron chi connectivity index (χ4n) is 5.44. The summed E-state index contributed by atoms with van der Waals surface area (Å²) in [6.07, 6.45) is 16.7. The first-order chi connectivity index (χ1) is 10.9. The lowest BCUT2D eigenvalue weighted by atomic mass is 9.80. The normalized spacial score (nSPS) is 31.8. The van der Waals surface area contributed by atoms with Crippen molar-refractivity contribution in [3.63, 3.8) is 0 Å². The predicted octanol–water partition coefficient (Wildman–Crippen LogP) is 6.10. The summed E-state index contributed by atoms with van der Waals surface area (Å²) in [5.74, 6) is 2.14. The van der Waals surface area contributed by atoms with Gasteiger partial charge in [0.1, 0.15) is 0 Å². The Morgan fingerprint density at radius 3 is 1.64 bits per heavy atom. The second-order valence-corrected chi connectivity index (χ2v) is 10.6. The molecule has 0 nitrogen and oxygen atoms in total. The van der Waals surface area contributed by atoms with Gasteiger partial charge in [0.2, 0.25) is 0 Å². The van der Waals surface area contributed by atoms with Crippen LogP contribution in [0, 0.1) is 11.8 Å². The van der Waals surface area contributed by atoms with Crippen LogP contribution in [0.25, 0.3) is 0 Å². The molecule has 2 aliphatic carbocycles. The second kappa shape index (κ2) is 7.04. The molecule has 0 amide bonds. The van der Waals surface area contributed by atoms with Crippen LogP contribution >= 0.6 is 7.92 Å². The van der Waals surface area contributed by atoms with Crippen molar-refractivity contribution in [3.05, 3.63) is 30.3 Å². The third-order valence-electron chi connectivity index (χ3n) is 6.64. The topological polar surface area (TPSA) is 0 Å². The molecule has 1 aromatic carbocycles. The zero-order valence-electron chi connectivity index (χ0n) is 13.9. The molecule has 0 bridgehead atoms. The minimum atomic E-state index is 0.135. The van der Waals surface area contributed by atoms with Crippen molar-refractivity contribution in [1.29, 1.82) is 0 Å². The van der Waals surface area contributed by atoms with Crippen molar-refractivity contribution in [2.45, 2.75) is 81.9 Å². The van der Waals surface area contributed by atoms with Crippen LogP contribution in [0.3, 0.4) is 0 Å². The van der Waals surface area contributed by atoms with Gasteiger partial charge in [-0.1, -0.05) is 76.8 Å². The fourth-order valence-corrected chi connectivity index (χ4v) is 9.24. The van der Waals surface area contributed by atoms with Crippen molar-refractivity contribution in [2.24, 2.45) is 11.8 Å². The van der Waals surface area contributed by atoms with Crippen LogP contribution in [0.4, 0.5) is 0 Å². The van der Waals surface area contributed by atoms with Gasteiger partial charge >= 0.3 is 0 Å². The lowest BCUT2D eigenvalue weighted by molar-refractivity contribution is 0.276. The number of hydrogen-bond donors (Lipinski definition) is 0. The van der Waals surface area contributed by atoms with Gasteiger partial charge in [-0.15, -0.1) is 0 Å². The lowest BCUT2D eigenvalue weighted by Crippen LogP contribution is -2.44. The average Bonchev–Trinajstić information content (AvgIpc) is 2.57. The van der Waals surface area contributed by atoms with Gasteiger partial charge in [0, 0.05) is 0 Å². The summed E-state index contributed by atoms with van der Waals surface area (Å²) in [7, 11) is 0.135. The Hall–Kier alpha value is -0.350. The highest BCUT2D eigenvalue weighted by molar-refractivity contribution is 7.68. The molecule has 3 fully saturated rings. The van der Waals surface area contributed by atoms with Crippen LogP contribution in [0.5, 0.6) is 0 Å². The number of benzene rings is 1. The Morgan fingerprint density at radius 2 is 1.14 bits per heavy atom. The van der Waals surface area contributed by atoms with Crippen LogP contribution in [-0.4, -0.2) is 11.3 Å². The second-order valence-electron chi connectivity index (χ2n) is 7.91. The number of hydrogen-bond acceptors (Lipinski definition) is 0. The highest BCUT2D eigenvalue weighted by atomic mass is 31.1. The van der Waals surface area contributed by atoms with E-state index in [1.54, 1.807) is 11.7 Å². The summed E-state index contributed by atoms with van der Waals surface area (Å²) < 4.78 is 0. The maximum Gasteiger partial charge on any atom is -0.0132 e. The summed E-state index contributed by atoms with van der Waals surface area (Å²) in [6, 6.07) is 11.7.